The van der Waals surface area contributed by atoms with Gasteiger partial charge in [0.15, 0.2) is 0 Å². The molecule has 0 spiro atoms. The summed E-state index contributed by atoms with van der Waals surface area (Å²) >= 11 is 0. The van der Waals surface area contributed by atoms with Gasteiger partial charge in [0.05, 0.1) is 0 Å². The van der Waals surface area contributed by atoms with Gasteiger partial charge in [-0.2, -0.15) is 0 Å². The Morgan fingerprint density at radius 3 is 2.75 bits per heavy atom. The smallest absolute Gasteiger partial charge is 0.104 e. The van der Waals surface area contributed by atoms with Crippen molar-refractivity contribution < 1.29 is 4.39 Å². The van der Waals surface area contributed by atoms with E-state index in [9.17, 15) is 4.39 Å². The quantitative estimate of drug-likeness (QED) is 0.424. The fourth-order valence-electron chi connectivity index (χ4n) is 1.09. The molecule has 1 aliphatic carbocycles. The lowest BCUT2D eigenvalue weighted by Crippen LogP contribution is -2.06. The molecule has 0 bridgehead atoms. The van der Waals surface area contributed by atoms with E-state index in [1.165, 1.54) is 0 Å². The molecule has 8 heavy (non-hydrogen) atoms. The molecule has 0 aromatic carbocycles. The first-order valence-electron chi connectivity index (χ1n) is 3.10. The molecule has 1 fully saturated rings. The highest BCUT2D eigenvalue weighted by Crippen LogP contribution is 2.23. The molecular weight excluding hydrogens is 103 g/mol. The summed E-state index contributed by atoms with van der Waals surface area (Å²) in [4.78, 5) is 0. The average molecular weight is 114 g/mol. The molecule has 1 rings (SSSR count). The van der Waals surface area contributed by atoms with E-state index in [4.69, 9.17) is 0 Å². The second-order valence-electron chi connectivity index (χ2n) is 2.44. The zero-order valence-corrected chi connectivity index (χ0v) is 4.99. The molecule has 0 nitrogen and oxygen atoms in total. The van der Waals surface area contributed by atoms with E-state index < -0.39 is 6.17 Å². The lowest BCUT2D eigenvalue weighted by molar-refractivity contribution is 0.284. The van der Waals surface area contributed by atoms with Crippen LogP contribution in [0.3, 0.4) is 0 Å². The van der Waals surface area contributed by atoms with Crippen LogP contribution in [-0.2, 0) is 0 Å². The Hall–Kier alpha value is -0.330. The molecule has 0 saturated heterocycles. The summed E-state index contributed by atoms with van der Waals surface area (Å²) in [5, 5.41) is 0. The molecule has 0 heterocycles. The van der Waals surface area contributed by atoms with Crippen LogP contribution in [0.5, 0.6) is 0 Å². The minimum atomic E-state index is -0.587. The van der Waals surface area contributed by atoms with Crippen molar-refractivity contribution in [2.45, 2.75) is 31.9 Å². The number of halogens is 1. The number of allylic oxidation sites excluding steroid dienone is 1. The van der Waals surface area contributed by atoms with Gasteiger partial charge >= 0.3 is 0 Å². The number of rotatable bonds is 0. The molecule has 0 amide bonds. The molecular formula is C7H11F. The van der Waals surface area contributed by atoms with Gasteiger partial charge in [-0.25, -0.2) is 4.39 Å². The second-order valence-corrected chi connectivity index (χ2v) is 2.44. The molecule has 1 saturated carbocycles. The zero-order chi connectivity index (χ0) is 5.98. The molecule has 0 radical (unpaired) electrons. The minimum Gasteiger partial charge on any atom is -0.247 e. The Balaban J connectivity index is 2.34. The van der Waals surface area contributed by atoms with Gasteiger partial charge in [0.1, 0.15) is 6.17 Å². The van der Waals surface area contributed by atoms with Crippen molar-refractivity contribution in [3.05, 3.63) is 12.2 Å². The lowest BCUT2D eigenvalue weighted by atomic mass is 9.95. The summed E-state index contributed by atoms with van der Waals surface area (Å²) in [6.07, 6.45) is 2.82. The fourth-order valence-corrected chi connectivity index (χ4v) is 1.09. The van der Waals surface area contributed by atoms with Gasteiger partial charge in [0.25, 0.3) is 0 Å². The van der Waals surface area contributed by atoms with E-state index in [1.807, 2.05) is 0 Å². The van der Waals surface area contributed by atoms with Crippen LogP contribution in [0.1, 0.15) is 25.7 Å². The molecule has 46 valence electrons. The third kappa shape index (κ3) is 1.32. The molecule has 0 aromatic rings. The summed E-state index contributed by atoms with van der Waals surface area (Å²) in [5.41, 5.74) is 1.09. The van der Waals surface area contributed by atoms with Crippen LogP contribution in [0.15, 0.2) is 12.2 Å². The summed E-state index contributed by atoms with van der Waals surface area (Å²) in [6, 6.07) is 0. The molecule has 0 aliphatic heterocycles. The third-order valence-electron chi connectivity index (χ3n) is 1.56. The zero-order valence-electron chi connectivity index (χ0n) is 4.99. The standard InChI is InChI=1S/C7H11F/c1-6-3-2-4-7(8)5-6/h7H,1-5H2/t7-/m1/s1. The molecule has 1 heteroatoms. The Bertz CT molecular complexity index is 96.6. The van der Waals surface area contributed by atoms with Crippen LogP contribution in [0.2, 0.25) is 0 Å². The van der Waals surface area contributed by atoms with Crippen molar-refractivity contribution in [1.82, 2.24) is 0 Å². The van der Waals surface area contributed by atoms with Gasteiger partial charge in [-0.3, -0.25) is 0 Å². The Kier molecular flexibility index (Phi) is 1.66. The van der Waals surface area contributed by atoms with Gasteiger partial charge in [-0.15, -0.1) is 0 Å². The highest BCUT2D eigenvalue weighted by Gasteiger charge is 2.13. The van der Waals surface area contributed by atoms with Gasteiger partial charge in [-0.05, 0) is 25.7 Å². The highest BCUT2D eigenvalue weighted by molar-refractivity contribution is 4.99. The van der Waals surface area contributed by atoms with E-state index in [0.717, 1.165) is 24.8 Å². The first-order chi connectivity index (χ1) is 3.79. The van der Waals surface area contributed by atoms with Crippen LogP contribution in [0.25, 0.3) is 0 Å². The van der Waals surface area contributed by atoms with Crippen molar-refractivity contribution in [2.75, 3.05) is 0 Å². The summed E-state index contributed by atoms with van der Waals surface area (Å²) in [7, 11) is 0. The molecule has 1 aliphatic rings. The Labute approximate surface area is 49.4 Å². The fraction of sp³-hybridized carbons (Fsp3) is 0.714. The first-order valence-corrected chi connectivity index (χ1v) is 3.10. The predicted molar refractivity (Wildman–Crippen MR) is 32.5 cm³/mol. The van der Waals surface area contributed by atoms with Gasteiger partial charge in [0, 0.05) is 0 Å². The monoisotopic (exact) mass is 114 g/mol. The van der Waals surface area contributed by atoms with Crippen molar-refractivity contribution >= 4 is 0 Å². The van der Waals surface area contributed by atoms with Crippen LogP contribution in [0, 0.1) is 0 Å². The Morgan fingerprint density at radius 2 is 2.38 bits per heavy atom. The SMILES string of the molecule is C=C1CCC[C@@H](F)C1. The van der Waals surface area contributed by atoms with Gasteiger partial charge in [0.2, 0.25) is 0 Å². The van der Waals surface area contributed by atoms with E-state index in [1.54, 1.807) is 0 Å². The van der Waals surface area contributed by atoms with Crippen molar-refractivity contribution in [2.24, 2.45) is 0 Å². The average Bonchev–Trinajstić information content (AvgIpc) is 1.64. The number of hydrogen-bond acceptors (Lipinski definition) is 0. The van der Waals surface area contributed by atoms with Crippen molar-refractivity contribution in [1.29, 1.82) is 0 Å². The van der Waals surface area contributed by atoms with E-state index in [2.05, 4.69) is 6.58 Å². The van der Waals surface area contributed by atoms with Crippen LogP contribution < -0.4 is 0 Å². The minimum absolute atomic E-state index is 0.587. The van der Waals surface area contributed by atoms with Crippen molar-refractivity contribution in [3.8, 4) is 0 Å². The maximum absolute atomic E-state index is 12.4. The third-order valence-corrected chi connectivity index (χ3v) is 1.56. The van der Waals surface area contributed by atoms with E-state index in [0.29, 0.717) is 6.42 Å². The molecule has 0 unspecified atom stereocenters. The van der Waals surface area contributed by atoms with E-state index >= 15 is 0 Å². The second kappa shape index (κ2) is 2.29. The maximum atomic E-state index is 12.4. The normalized spacial score (nSPS) is 30.6. The first kappa shape index (κ1) is 5.80. The molecule has 1 atom stereocenters. The maximum Gasteiger partial charge on any atom is 0.104 e. The highest BCUT2D eigenvalue weighted by atomic mass is 19.1. The Morgan fingerprint density at radius 1 is 1.62 bits per heavy atom. The number of hydrogen-bond donors (Lipinski definition) is 0. The topological polar surface area (TPSA) is 0 Å². The van der Waals surface area contributed by atoms with Crippen LogP contribution in [-0.4, -0.2) is 6.17 Å². The van der Waals surface area contributed by atoms with Crippen LogP contribution >= 0.6 is 0 Å². The summed E-state index contributed by atoms with van der Waals surface area (Å²) in [6.45, 7) is 3.72. The van der Waals surface area contributed by atoms with Crippen molar-refractivity contribution in [3.63, 3.8) is 0 Å². The largest absolute Gasteiger partial charge is 0.247 e. The predicted octanol–water partition coefficient (Wildman–Crippen LogP) is 2.45. The molecule has 0 N–H and O–H groups in total. The number of alkyl halides is 1. The van der Waals surface area contributed by atoms with Gasteiger partial charge in [-0.1, -0.05) is 12.2 Å². The summed E-state index contributed by atoms with van der Waals surface area (Å²) < 4.78 is 12.4. The van der Waals surface area contributed by atoms with E-state index in [-0.39, 0.29) is 0 Å². The van der Waals surface area contributed by atoms with Crippen LogP contribution in [0.4, 0.5) is 4.39 Å². The van der Waals surface area contributed by atoms with Gasteiger partial charge < -0.3 is 0 Å². The lowest BCUT2D eigenvalue weighted by Gasteiger charge is -2.15. The molecule has 0 aromatic heterocycles. The summed E-state index contributed by atoms with van der Waals surface area (Å²) in [5.74, 6) is 0.